The van der Waals surface area contributed by atoms with Crippen molar-refractivity contribution in [1.82, 2.24) is 0 Å². The van der Waals surface area contributed by atoms with Crippen LogP contribution in [-0.4, -0.2) is 12.6 Å². The maximum absolute atomic E-state index is 13.4. The highest BCUT2D eigenvalue weighted by Crippen LogP contribution is 2.22. The predicted octanol–water partition coefficient (Wildman–Crippen LogP) is 2.39. The maximum atomic E-state index is 13.4. The zero-order valence-electron chi connectivity index (χ0n) is 8.94. The molecule has 1 atom stereocenters. The normalized spacial score (nSPS) is 11.6. The Balaban J connectivity index is 2.80. The van der Waals surface area contributed by atoms with Crippen LogP contribution in [0.4, 0.5) is 4.39 Å². The maximum Gasteiger partial charge on any atom is 0.307 e. The molecule has 0 fully saturated rings. The van der Waals surface area contributed by atoms with Crippen LogP contribution in [0.25, 0.3) is 0 Å². The van der Waals surface area contributed by atoms with Crippen LogP contribution in [0.5, 0.6) is 0 Å². The lowest BCUT2D eigenvalue weighted by Crippen LogP contribution is -2.10. The molecule has 0 aliphatic rings. The Bertz CT molecular complexity index is 412. The number of benzene rings is 1. The Hall–Kier alpha value is -1.89. The van der Waals surface area contributed by atoms with E-state index < -0.39 is 17.7 Å². The van der Waals surface area contributed by atoms with Crippen molar-refractivity contribution in [1.29, 1.82) is 5.26 Å². The van der Waals surface area contributed by atoms with Crippen LogP contribution in [0.2, 0.25) is 0 Å². The van der Waals surface area contributed by atoms with Crippen LogP contribution >= 0.6 is 0 Å². The molecule has 1 aromatic carbocycles. The monoisotopic (exact) mass is 221 g/mol. The number of hydrogen-bond acceptors (Lipinski definition) is 3. The van der Waals surface area contributed by atoms with Crippen molar-refractivity contribution in [3.63, 3.8) is 0 Å². The second-order valence-corrected chi connectivity index (χ2v) is 3.21. The lowest BCUT2D eigenvalue weighted by atomic mass is 9.97. The number of hydrogen-bond donors (Lipinski definition) is 0. The first-order chi connectivity index (χ1) is 7.69. The second kappa shape index (κ2) is 5.86. The first kappa shape index (κ1) is 12.2. The van der Waals surface area contributed by atoms with Crippen molar-refractivity contribution >= 4 is 5.97 Å². The summed E-state index contributed by atoms with van der Waals surface area (Å²) < 4.78 is 18.1. The summed E-state index contributed by atoms with van der Waals surface area (Å²) in [6, 6.07) is 7.85. The van der Waals surface area contributed by atoms with Gasteiger partial charge in [0.2, 0.25) is 0 Å². The van der Waals surface area contributed by atoms with Crippen LogP contribution in [0.3, 0.4) is 0 Å². The molecule has 1 unspecified atom stereocenters. The summed E-state index contributed by atoms with van der Waals surface area (Å²) in [5, 5.41) is 8.90. The van der Waals surface area contributed by atoms with Crippen molar-refractivity contribution in [2.45, 2.75) is 19.3 Å². The minimum Gasteiger partial charge on any atom is -0.466 e. The fourth-order valence-corrected chi connectivity index (χ4v) is 1.37. The second-order valence-electron chi connectivity index (χ2n) is 3.21. The molecule has 0 aromatic heterocycles. The molecule has 0 aliphatic heterocycles. The van der Waals surface area contributed by atoms with Gasteiger partial charge < -0.3 is 4.74 Å². The van der Waals surface area contributed by atoms with Crippen LogP contribution in [-0.2, 0) is 9.53 Å². The topological polar surface area (TPSA) is 50.1 Å². The van der Waals surface area contributed by atoms with E-state index in [0.29, 0.717) is 0 Å². The molecule has 0 spiro atoms. The van der Waals surface area contributed by atoms with E-state index in [1.807, 2.05) is 6.07 Å². The first-order valence-corrected chi connectivity index (χ1v) is 4.98. The van der Waals surface area contributed by atoms with E-state index >= 15 is 0 Å². The van der Waals surface area contributed by atoms with E-state index in [0.717, 1.165) is 0 Å². The molecule has 0 saturated carbocycles. The number of rotatable bonds is 4. The summed E-state index contributed by atoms with van der Waals surface area (Å²) in [7, 11) is 0. The van der Waals surface area contributed by atoms with Crippen molar-refractivity contribution in [3.8, 4) is 6.07 Å². The summed E-state index contributed by atoms with van der Waals surface area (Å²) in [6.07, 6.45) is -0.120. The van der Waals surface area contributed by atoms with Crippen molar-refractivity contribution in [2.75, 3.05) is 6.61 Å². The molecular formula is C12H12FNO2. The number of nitrogens with zero attached hydrogens (tertiary/aromatic N) is 1. The largest absolute Gasteiger partial charge is 0.466 e. The van der Waals surface area contributed by atoms with Gasteiger partial charge in [0.1, 0.15) is 5.82 Å². The molecule has 1 rings (SSSR count). The van der Waals surface area contributed by atoms with Crippen LogP contribution in [0, 0.1) is 17.1 Å². The average molecular weight is 221 g/mol. The molecular weight excluding hydrogens is 209 g/mol. The quantitative estimate of drug-likeness (QED) is 0.733. The molecule has 0 amide bonds. The number of nitriles is 1. The highest BCUT2D eigenvalue weighted by Gasteiger charge is 2.19. The Morgan fingerprint density at radius 1 is 1.56 bits per heavy atom. The van der Waals surface area contributed by atoms with Crippen molar-refractivity contribution in [3.05, 3.63) is 35.6 Å². The Morgan fingerprint density at radius 3 is 2.81 bits per heavy atom. The molecule has 4 heteroatoms. The van der Waals surface area contributed by atoms with Gasteiger partial charge in [-0.2, -0.15) is 5.26 Å². The van der Waals surface area contributed by atoms with E-state index in [1.54, 1.807) is 13.0 Å². The minimum absolute atomic E-state index is 0.120. The number of esters is 1. The fraction of sp³-hybridized carbons (Fsp3) is 0.333. The smallest absolute Gasteiger partial charge is 0.307 e. The zero-order valence-corrected chi connectivity index (χ0v) is 8.94. The number of carbonyl (C=O) groups excluding carboxylic acids is 1. The Morgan fingerprint density at radius 2 is 2.25 bits per heavy atom. The van der Waals surface area contributed by atoms with Crippen molar-refractivity contribution in [2.24, 2.45) is 0 Å². The number of ether oxygens (including phenoxy) is 1. The summed E-state index contributed by atoms with van der Waals surface area (Å²) in [4.78, 5) is 11.2. The summed E-state index contributed by atoms with van der Waals surface area (Å²) in [6.45, 7) is 1.94. The summed E-state index contributed by atoms with van der Waals surface area (Å²) in [5.41, 5.74) is 0.234. The van der Waals surface area contributed by atoms with E-state index in [4.69, 9.17) is 10.00 Å². The molecule has 0 N–H and O–H groups in total. The van der Waals surface area contributed by atoms with Gasteiger partial charge in [-0.25, -0.2) is 4.39 Å². The molecule has 0 aliphatic carbocycles. The van der Waals surface area contributed by atoms with Crippen LogP contribution in [0.15, 0.2) is 24.3 Å². The van der Waals surface area contributed by atoms with Gasteiger partial charge in [0.05, 0.1) is 25.0 Å². The van der Waals surface area contributed by atoms with E-state index in [2.05, 4.69) is 0 Å². The third-order valence-corrected chi connectivity index (χ3v) is 2.11. The van der Waals surface area contributed by atoms with Gasteiger partial charge in [0, 0.05) is 5.56 Å². The van der Waals surface area contributed by atoms with E-state index in [9.17, 15) is 9.18 Å². The summed E-state index contributed by atoms with van der Waals surface area (Å²) in [5.74, 6) is -1.75. The van der Waals surface area contributed by atoms with Crippen molar-refractivity contribution < 1.29 is 13.9 Å². The first-order valence-electron chi connectivity index (χ1n) is 4.98. The molecule has 1 aromatic rings. The summed E-state index contributed by atoms with van der Waals surface area (Å²) >= 11 is 0. The Labute approximate surface area is 93.5 Å². The predicted molar refractivity (Wildman–Crippen MR) is 56.0 cm³/mol. The van der Waals surface area contributed by atoms with E-state index in [1.165, 1.54) is 18.2 Å². The average Bonchev–Trinajstić information content (AvgIpc) is 2.27. The fourth-order valence-electron chi connectivity index (χ4n) is 1.37. The lowest BCUT2D eigenvalue weighted by Gasteiger charge is -2.09. The lowest BCUT2D eigenvalue weighted by molar-refractivity contribution is -0.143. The zero-order chi connectivity index (χ0) is 12.0. The third-order valence-electron chi connectivity index (χ3n) is 2.11. The van der Waals surface area contributed by atoms with Gasteiger partial charge in [0.25, 0.3) is 0 Å². The standard InChI is InChI=1S/C12H12FNO2/c1-2-16-12(15)7-9(8-14)10-5-3-4-6-11(10)13/h3-6,9H,2,7H2,1H3. The van der Waals surface area contributed by atoms with Gasteiger partial charge in [-0.15, -0.1) is 0 Å². The van der Waals surface area contributed by atoms with Gasteiger partial charge in [-0.05, 0) is 13.0 Å². The molecule has 3 nitrogen and oxygen atoms in total. The van der Waals surface area contributed by atoms with E-state index in [-0.39, 0.29) is 18.6 Å². The highest BCUT2D eigenvalue weighted by molar-refractivity contribution is 5.71. The number of carbonyl (C=O) groups is 1. The number of halogens is 1. The van der Waals surface area contributed by atoms with Crippen LogP contribution in [0.1, 0.15) is 24.8 Å². The molecule has 0 radical (unpaired) electrons. The molecule has 0 bridgehead atoms. The molecule has 0 heterocycles. The molecule has 84 valence electrons. The SMILES string of the molecule is CCOC(=O)CC(C#N)c1ccccc1F. The Kier molecular flexibility index (Phi) is 4.46. The third kappa shape index (κ3) is 3.06. The molecule has 0 saturated heterocycles. The van der Waals surface area contributed by atoms with Gasteiger partial charge in [0.15, 0.2) is 0 Å². The van der Waals surface area contributed by atoms with Gasteiger partial charge >= 0.3 is 5.97 Å². The minimum atomic E-state index is -0.791. The molecule has 16 heavy (non-hydrogen) atoms. The van der Waals surface area contributed by atoms with Gasteiger partial charge in [-0.3, -0.25) is 4.79 Å². The van der Waals surface area contributed by atoms with Crippen LogP contribution < -0.4 is 0 Å². The highest BCUT2D eigenvalue weighted by atomic mass is 19.1. The van der Waals surface area contributed by atoms with Gasteiger partial charge in [-0.1, -0.05) is 18.2 Å².